The third-order valence-corrected chi connectivity index (χ3v) is 4.61. The van der Waals surface area contributed by atoms with E-state index in [1.54, 1.807) is 0 Å². The van der Waals surface area contributed by atoms with E-state index in [1.165, 1.54) is 0 Å². The Hall–Kier alpha value is -0.820. The van der Waals surface area contributed by atoms with Crippen LogP contribution in [0.15, 0.2) is 42.5 Å². The van der Waals surface area contributed by atoms with E-state index < -0.39 is 0 Å². The summed E-state index contributed by atoms with van der Waals surface area (Å²) in [5.74, 6) is 6.60. The van der Waals surface area contributed by atoms with Crippen LogP contribution >= 0.6 is 34.2 Å². The van der Waals surface area contributed by atoms with Crippen LogP contribution in [0.2, 0.25) is 5.02 Å². The average Bonchev–Trinajstić information content (AvgIpc) is 2.44. The predicted octanol–water partition coefficient (Wildman–Crippen LogP) is 4.28. The summed E-state index contributed by atoms with van der Waals surface area (Å²) in [6, 6.07) is 13.6. The van der Waals surface area contributed by atoms with Gasteiger partial charge in [-0.2, -0.15) is 0 Å². The van der Waals surface area contributed by atoms with E-state index in [2.05, 4.69) is 28.0 Å². The molecule has 21 heavy (non-hydrogen) atoms. The fourth-order valence-corrected chi connectivity index (χ4v) is 2.66. The highest BCUT2D eigenvalue weighted by atomic mass is 127. The summed E-state index contributed by atoms with van der Waals surface area (Å²) in [4.78, 5) is 0. The number of hydrogen-bond donors (Lipinski definition) is 2. The number of nitrogens with two attached hydrogens (primary N) is 1. The van der Waals surface area contributed by atoms with Crippen LogP contribution in [0.5, 0.6) is 5.75 Å². The lowest BCUT2D eigenvalue weighted by atomic mass is 9.98. The maximum atomic E-state index is 6.22. The molecule has 0 aliphatic carbocycles. The Morgan fingerprint density at radius 3 is 2.52 bits per heavy atom. The van der Waals surface area contributed by atoms with Crippen molar-refractivity contribution in [2.24, 2.45) is 5.84 Å². The third kappa shape index (κ3) is 4.10. The average molecular weight is 417 g/mol. The normalized spacial score (nSPS) is 12.5. The van der Waals surface area contributed by atoms with Crippen molar-refractivity contribution in [3.63, 3.8) is 0 Å². The summed E-state index contributed by atoms with van der Waals surface area (Å²) in [5, 5.41) is 0.718. The van der Waals surface area contributed by atoms with Crippen LogP contribution in [-0.2, 0) is 0 Å². The third-order valence-electron chi connectivity index (χ3n) is 3.04. The van der Waals surface area contributed by atoms with Crippen LogP contribution in [0.3, 0.4) is 0 Å². The largest absolute Gasteiger partial charge is 0.491 e. The van der Waals surface area contributed by atoms with Gasteiger partial charge in [-0.1, -0.05) is 35.9 Å². The number of nitrogens with one attached hydrogen (secondary N) is 1. The zero-order valence-electron chi connectivity index (χ0n) is 11.9. The SMILES string of the molecule is CC(C)Oc1ccccc1C(NN)c1ccc(I)c(Cl)c1. The first-order chi connectivity index (χ1) is 10.0. The van der Waals surface area contributed by atoms with Crippen LogP contribution in [0, 0.1) is 3.57 Å². The van der Waals surface area contributed by atoms with Crippen molar-refractivity contribution in [1.29, 1.82) is 0 Å². The van der Waals surface area contributed by atoms with Crippen molar-refractivity contribution in [1.82, 2.24) is 5.43 Å². The Bertz CT molecular complexity index is 619. The van der Waals surface area contributed by atoms with Gasteiger partial charge in [0, 0.05) is 9.13 Å². The van der Waals surface area contributed by atoms with Crippen LogP contribution in [0.4, 0.5) is 0 Å². The molecule has 0 saturated carbocycles. The molecule has 2 rings (SSSR count). The summed E-state index contributed by atoms with van der Waals surface area (Å²) in [5.41, 5.74) is 4.85. The number of rotatable bonds is 5. The van der Waals surface area contributed by atoms with Crippen molar-refractivity contribution in [3.8, 4) is 5.75 Å². The molecule has 5 heteroatoms. The van der Waals surface area contributed by atoms with Crippen LogP contribution in [-0.4, -0.2) is 6.10 Å². The quantitative estimate of drug-likeness (QED) is 0.434. The van der Waals surface area contributed by atoms with Gasteiger partial charge in [-0.15, -0.1) is 0 Å². The van der Waals surface area contributed by atoms with Crippen LogP contribution in [0.25, 0.3) is 0 Å². The fraction of sp³-hybridized carbons (Fsp3) is 0.250. The Morgan fingerprint density at radius 2 is 1.90 bits per heavy atom. The molecular weight excluding hydrogens is 399 g/mol. The second-order valence-electron chi connectivity index (χ2n) is 4.98. The van der Waals surface area contributed by atoms with Crippen molar-refractivity contribution < 1.29 is 4.74 Å². The fourth-order valence-electron chi connectivity index (χ4n) is 2.14. The van der Waals surface area contributed by atoms with Gasteiger partial charge in [-0.05, 0) is 60.2 Å². The minimum absolute atomic E-state index is 0.102. The van der Waals surface area contributed by atoms with E-state index in [-0.39, 0.29) is 12.1 Å². The van der Waals surface area contributed by atoms with Crippen LogP contribution < -0.4 is 16.0 Å². The number of hydrazine groups is 1. The number of halogens is 2. The summed E-state index contributed by atoms with van der Waals surface area (Å²) >= 11 is 8.42. The molecule has 0 aliphatic heterocycles. The highest BCUT2D eigenvalue weighted by Crippen LogP contribution is 2.32. The molecule has 0 saturated heterocycles. The van der Waals surface area contributed by atoms with Gasteiger partial charge in [0.25, 0.3) is 0 Å². The van der Waals surface area contributed by atoms with Gasteiger partial charge in [-0.25, -0.2) is 5.43 Å². The first-order valence-electron chi connectivity index (χ1n) is 6.69. The van der Waals surface area contributed by atoms with Gasteiger partial charge in [0.15, 0.2) is 0 Å². The van der Waals surface area contributed by atoms with Crippen LogP contribution in [0.1, 0.15) is 31.0 Å². The Kier molecular flexibility index (Phi) is 5.87. The molecule has 0 aliphatic rings. The van der Waals surface area contributed by atoms with Gasteiger partial charge < -0.3 is 4.74 Å². The molecule has 1 unspecified atom stereocenters. The summed E-state index contributed by atoms with van der Waals surface area (Å²) in [6.07, 6.45) is 0.102. The minimum Gasteiger partial charge on any atom is -0.491 e. The summed E-state index contributed by atoms with van der Waals surface area (Å²) < 4.78 is 6.89. The number of ether oxygens (including phenoxy) is 1. The maximum Gasteiger partial charge on any atom is 0.124 e. The van der Waals surface area contributed by atoms with Crippen molar-refractivity contribution in [2.45, 2.75) is 26.0 Å². The smallest absolute Gasteiger partial charge is 0.124 e. The zero-order valence-corrected chi connectivity index (χ0v) is 14.9. The highest BCUT2D eigenvalue weighted by molar-refractivity contribution is 14.1. The maximum absolute atomic E-state index is 6.22. The zero-order chi connectivity index (χ0) is 15.4. The Labute approximate surface area is 143 Å². The second kappa shape index (κ2) is 7.45. The summed E-state index contributed by atoms with van der Waals surface area (Å²) in [7, 11) is 0. The number of para-hydroxylation sites is 1. The molecule has 2 aromatic carbocycles. The predicted molar refractivity (Wildman–Crippen MR) is 95.5 cm³/mol. The molecule has 0 bridgehead atoms. The molecule has 0 amide bonds. The van der Waals surface area contributed by atoms with E-state index in [9.17, 15) is 0 Å². The molecule has 3 nitrogen and oxygen atoms in total. The Balaban J connectivity index is 2.43. The topological polar surface area (TPSA) is 47.3 Å². The molecule has 0 fully saturated rings. The molecular formula is C16H18ClIN2O. The highest BCUT2D eigenvalue weighted by Gasteiger charge is 2.18. The lowest BCUT2D eigenvalue weighted by molar-refractivity contribution is 0.238. The first kappa shape index (κ1) is 16.5. The van der Waals surface area contributed by atoms with Crippen molar-refractivity contribution in [3.05, 3.63) is 62.2 Å². The summed E-state index contributed by atoms with van der Waals surface area (Å²) in [6.45, 7) is 4.01. The monoisotopic (exact) mass is 416 g/mol. The molecule has 0 aromatic heterocycles. The standard InChI is InChI=1S/C16H18ClIN2O/c1-10(2)21-15-6-4-3-5-12(15)16(20-19)11-7-8-14(18)13(17)9-11/h3-10,16,20H,19H2,1-2H3. The van der Waals surface area contributed by atoms with Crippen molar-refractivity contribution in [2.75, 3.05) is 0 Å². The first-order valence-corrected chi connectivity index (χ1v) is 8.15. The van der Waals surface area contributed by atoms with Gasteiger partial charge in [0.1, 0.15) is 5.75 Å². The van der Waals surface area contributed by atoms with E-state index in [0.29, 0.717) is 0 Å². The molecule has 1 atom stereocenters. The second-order valence-corrected chi connectivity index (χ2v) is 6.55. The van der Waals surface area contributed by atoms with E-state index in [4.69, 9.17) is 22.2 Å². The molecule has 3 N–H and O–H groups in total. The van der Waals surface area contributed by atoms with E-state index in [1.807, 2.05) is 56.3 Å². The van der Waals surface area contributed by atoms with E-state index >= 15 is 0 Å². The molecule has 2 aromatic rings. The van der Waals surface area contributed by atoms with Crippen molar-refractivity contribution >= 4 is 34.2 Å². The lowest BCUT2D eigenvalue weighted by Crippen LogP contribution is -2.29. The molecule has 0 spiro atoms. The van der Waals surface area contributed by atoms with Gasteiger partial charge >= 0.3 is 0 Å². The van der Waals surface area contributed by atoms with Gasteiger partial charge in [0.2, 0.25) is 0 Å². The van der Waals surface area contributed by atoms with E-state index in [0.717, 1.165) is 25.5 Å². The molecule has 112 valence electrons. The lowest BCUT2D eigenvalue weighted by Gasteiger charge is -2.22. The van der Waals surface area contributed by atoms with Gasteiger partial charge in [0.05, 0.1) is 17.2 Å². The molecule has 0 radical (unpaired) electrons. The Morgan fingerprint density at radius 1 is 1.19 bits per heavy atom. The van der Waals surface area contributed by atoms with Gasteiger partial charge in [-0.3, -0.25) is 5.84 Å². The number of benzene rings is 2. The minimum atomic E-state index is -0.172. The molecule has 0 heterocycles. The number of hydrogen-bond acceptors (Lipinski definition) is 3.